The van der Waals surface area contributed by atoms with Crippen LogP contribution in [0.5, 0.6) is 0 Å². The predicted molar refractivity (Wildman–Crippen MR) is 79.7 cm³/mol. The maximum atomic E-state index is 6.13. The largest absolute Gasteiger partial charge is 0.364 e. The van der Waals surface area contributed by atoms with Gasteiger partial charge in [0.15, 0.2) is 5.82 Å². The first-order valence-corrected chi connectivity index (χ1v) is 7.97. The van der Waals surface area contributed by atoms with Crippen LogP contribution < -0.4 is 4.90 Å². The highest BCUT2D eigenvalue weighted by Crippen LogP contribution is 2.91. The lowest BCUT2D eigenvalue weighted by molar-refractivity contribution is 0.377. The lowest BCUT2D eigenvalue weighted by Gasteiger charge is -2.28. The van der Waals surface area contributed by atoms with Crippen LogP contribution in [0.3, 0.4) is 0 Å². The van der Waals surface area contributed by atoms with E-state index in [2.05, 4.69) is 28.0 Å². The molecule has 4 atom stereocenters. The molecule has 6 heteroatoms. The van der Waals surface area contributed by atoms with Gasteiger partial charge in [0.2, 0.25) is 5.89 Å². The molecule has 21 heavy (non-hydrogen) atoms. The number of benzene rings is 1. The number of anilines is 1. The summed E-state index contributed by atoms with van der Waals surface area (Å²) in [5.41, 5.74) is 1.34. The van der Waals surface area contributed by atoms with E-state index in [0.717, 1.165) is 17.4 Å². The van der Waals surface area contributed by atoms with Crippen molar-refractivity contribution >= 4 is 28.9 Å². The second kappa shape index (κ2) is 3.55. The van der Waals surface area contributed by atoms with E-state index in [9.17, 15) is 0 Å². The van der Waals surface area contributed by atoms with Gasteiger partial charge >= 0.3 is 0 Å². The number of alkyl halides is 1. The van der Waals surface area contributed by atoms with Gasteiger partial charge in [0.05, 0.1) is 11.0 Å². The van der Waals surface area contributed by atoms with E-state index in [-0.39, 0.29) is 16.8 Å². The summed E-state index contributed by atoms with van der Waals surface area (Å²) in [6, 6.07) is 8.05. The highest BCUT2D eigenvalue weighted by atomic mass is 35.5. The minimum absolute atomic E-state index is 0.0725. The van der Waals surface area contributed by atoms with Crippen molar-refractivity contribution in [2.75, 3.05) is 11.4 Å². The van der Waals surface area contributed by atoms with E-state index in [1.54, 1.807) is 0 Å². The number of hydrogen-bond acceptors (Lipinski definition) is 4. The average Bonchev–Trinajstić information content (AvgIpc) is 3.04. The Labute approximate surface area is 132 Å². The van der Waals surface area contributed by atoms with Crippen molar-refractivity contribution in [3.63, 3.8) is 0 Å². The molecule has 108 valence electrons. The molecule has 0 N–H and O–H groups in total. The standard InChI is InChI=1S/C15H13Cl2N3O/c1-14-12-10(7-20(14)9-4-2-3-8(17)5-9)15(12,14)13-18-11(6-16)21-19-13/h2-5,10,12H,6-7H2,1H3/t10-,12-,14?,15-/m0/s1. The Bertz CT molecular complexity index is 763. The van der Waals surface area contributed by atoms with Gasteiger partial charge in [-0.25, -0.2) is 0 Å². The van der Waals surface area contributed by atoms with Crippen molar-refractivity contribution in [3.05, 3.63) is 41.0 Å². The van der Waals surface area contributed by atoms with Crippen molar-refractivity contribution in [2.24, 2.45) is 11.8 Å². The topological polar surface area (TPSA) is 42.2 Å². The van der Waals surface area contributed by atoms with Crippen molar-refractivity contribution < 1.29 is 4.52 Å². The molecule has 2 aliphatic heterocycles. The molecule has 0 amide bonds. The molecule has 0 spiro atoms. The van der Waals surface area contributed by atoms with Crippen LogP contribution in [0.2, 0.25) is 5.02 Å². The van der Waals surface area contributed by atoms with Gasteiger partial charge in [-0.2, -0.15) is 4.98 Å². The monoisotopic (exact) mass is 321 g/mol. The molecule has 2 aliphatic carbocycles. The highest BCUT2D eigenvalue weighted by Gasteiger charge is 3.01. The Kier molecular flexibility index (Phi) is 2.08. The quantitative estimate of drug-likeness (QED) is 0.814. The number of hydrogen-bond donors (Lipinski definition) is 0. The van der Waals surface area contributed by atoms with E-state index in [1.807, 2.05) is 18.2 Å². The third-order valence-corrected chi connectivity index (χ3v) is 6.20. The third kappa shape index (κ3) is 1.18. The second-order valence-electron chi connectivity index (χ2n) is 6.34. The number of fused-ring (bicyclic) bond motifs is 1. The van der Waals surface area contributed by atoms with Crippen molar-refractivity contribution in [1.82, 2.24) is 10.1 Å². The summed E-state index contributed by atoms with van der Waals surface area (Å²) in [5, 5.41) is 4.94. The number of halogens is 2. The van der Waals surface area contributed by atoms with Gasteiger partial charge in [0, 0.05) is 23.2 Å². The van der Waals surface area contributed by atoms with Crippen LogP contribution in [0.15, 0.2) is 28.8 Å². The molecule has 1 unspecified atom stereocenters. The molecule has 1 aromatic heterocycles. The zero-order chi connectivity index (χ0) is 14.4. The summed E-state index contributed by atoms with van der Waals surface area (Å²) in [4.78, 5) is 6.92. The van der Waals surface area contributed by atoms with Gasteiger partial charge in [-0.3, -0.25) is 0 Å². The second-order valence-corrected chi connectivity index (χ2v) is 7.04. The van der Waals surface area contributed by atoms with Crippen LogP contribution in [-0.4, -0.2) is 22.2 Å². The predicted octanol–water partition coefficient (Wildman–Crippen LogP) is 3.24. The van der Waals surface area contributed by atoms with E-state index in [1.165, 1.54) is 5.69 Å². The van der Waals surface area contributed by atoms with Gasteiger partial charge in [0.1, 0.15) is 5.88 Å². The van der Waals surface area contributed by atoms with Crippen molar-refractivity contribution in [3.8, 4) is 0 Å². The highest BCUT2D eigenvalue weighted by molar-refractivity contribution is 6.30. The van der Waals surface area contributed by atoms with Crippen LogP contribution in [0.1, 0.15) is 18.6 Å². The first-order chi connectivity index (χ1) is 10.1. The molecule has 2 saturated heterocycles. The Morgan fingerprint density at radius 1 is 1.48 bits per heavy atom. The first kappa shape index (κ1) is 12.3. The van der Waals surface area contributed by atoms with Crippen LogP contribution in [0.25, 0.3) is 0 Å². The molecule has 2 aromatic rings. The number of piperidine rings is 1. The van der Waals surface area contributed by atoms with E-state index < -0.39 is 0 Å². The summed E-state index contributed by atoms with van der Waals surface area (Å²) in [6.07, 6.45) is 0. The van der Waals surface area contributed by atoms with Gasteiger partial charge in [0.25, 0.3) is 0 Å². The third-order valence-electron chi connectivity index (χ3n) is 5.74. The molecular formula is C15H13Cl2N3O. The molecular weight excluding hydrogens is 309 g/mol. The van der Waals surface area contributed by atoms with Crippen LogP contribution >= 0.6 is 23.2 Å². The maximum Gasteiger partial charge on any atom is 0.241 e. The fraction of sp³-hybridized carbons (Fsp3) is 0.467. The molecule has 4 fully saturated rings. The number of rotatable bonds is 3. The Morgan fingerprint density at radius 3 is 3.00 bits per heavy atom. The van der Waals surface area contributed by atoms with E-state index >= 15 is 0 Å². The van der Waals surface area contributed by atoms with Crippen molar-refractivity contribution in [2.45, 2.75) is 23.8 Å². The molecule has 1 aromatic carbocycles. The van der Waals surface area contributed by atoms with Gasteiger partial charge in [-0.15, -0.1) is 11.6 Å². The smallest absolute Gasteiger partial charge is 0.241 e. The van der Waals surface area contributed by atoms with E-state index in [4.69, 9.17) is 27.7 Å². The summed E-state index contributed by atoms with van der Waals surface area (Å²) >= 11 is 11.9. The van der Waals surface area contributed by atoms with Crippen molar-refractivity contribution in [1.29, 1.82) is 0 Å². The summed E-state index contributed by atoms with van der Waals surface area (Å²) in [5.74, 6) is 2.87. The maximum absolute atomic E-state index is 6.13. The minimum atomic E-state index is 0.0725. The van der Waals surface area contributed by atoms with Crippen LogP contribution in [0, 0.1) is 11.8 Å². The molecule has 4 nitrogen and oxygen atoms in total. The number of aromatic nitrogens is 2. The summed E-state index contributed by atoms with van der Waals surface area (Å²) in [6.45, 7) is 3.32. The van der Waals surface area contributed by atoms with Crippen LogP contribution in [-0.2, 0) is 11.3 Å². The Morgan fingerprint density at radius 2 is 2.33 bits per heavy atom. The molecule has 2 bridgehead atoms. The Balaban J connectivity index is 1.53. The van der Waals surface area contributed by atoms with E-state index in [0.29, 0.717) is 17.7 Å². The zero-order valence-corrected chi connectivity index (χ0v) is 12.9. The normalized spacial score (nSPS) is 38.5. The zero-order valence-electron chi connectivity index (χ0n) is 11.4. The molecule has 0 radical (unpaired) electrons. The lowest BCUT2D eigenvalue weighted by Crippen LogP contribution is -2.35. The molecule has 4 aliphatic rings. The molecule has 2 saturated carbocycles. The number of nitrogens with zero attached hydrogens (tertiary/aromatic N) is 3. The SMILES string of the molecule is CC12[C@@H]3[C@H](CN1c1cccc(Cl)c1)[C@@]32c1noc(CCl)n1. The van der Waals surface area contributed by atoms with Gasteiger partial charge < -0.3 is 9.42 Å². The summed E-state index contributed by atoms with van der Waals surface area (Å²) < 4.78 is 5.20. The lowest BCUT2D eigenvalue weighted by atomic mass is 9.95. The fourth-order valence-electron chi connectivity index (χ4n) is 4.85. The Hall–Kier alpha value is -1.26. The fourth-order valence-corrected chi connectivity index (χ4v) is 5.14. The van der Waals surface area contributed by atoms with Gasteiger partial charge in [-0.1, -0.05) is 22.8 Å². The average molecular weight is 322 g/mol. The first-order valence-electron chi connectivity index (χ1n) is 7.06. The molecule has 3 heterocycles. The van der Waals surface area contributed by atoms with Gasteiger partial charge in [-0.05, 0) is 31.0 Å². The summed E-state index contributed by atoms with van der Waals surface area (Å²) in [7, 11) is 0. The van der Waals surface area contributed by atoms with Crippen LogP contribution in [0.4, 0.5) is 5.69 Å². The minimum Gasteiger partial charge on any atom is -0.364 e. The molecule has 6 rings (SSSR count).